The summed E-state index contributed by atoms with van der Waals surface area (Å²) >= 11 is 0.763. The highest BCUT2D eigenvalue weighted by molar-refractivity contribution is 7.14. The number of carbonyl (C=O) groups is 1. The molecule has 1 heterocycles. The molecule has 0 bridgehead atoms. The molecule has 78 valence electrons. The number of halogens is 2. The predicted octanol–water partition coefficient (Wildman–Crippen LogP) is 3.04. The van der Waals surface area contributed by atoms with Gasteiger partial charge in [-0.2, -0.15) is 0 Å². The minimum atomic E-state index is -2.89. The standard InChI is InChI=1S/C9H10F2O2S/c1-3-13-8(12)6-4-5-7(14-6)9(2,10)11/h4-5H,3H2,1-2H3. The summed E-state index contributed by atoms with van der Waals surface area (Å²) in [6, 6.07) is 2.60. The highest BCUT2D eigenvalue weighted by Gasteiger charge is 2.27. The molecule has 0 aliphatic heterocycles. The Morgan fingerprint density at radius 2 is 2.21 bits per heavy atom. The van der Waals surface area contributed by atoms with Crippen LogP contribution in [0.2, 0.25) is 0 Å². The van der Waals surface area contributed by atoms with E-state index in [-0.39, 0.29) is 16.4 Å². The van der Waals surface area contributed by atoms with Gasteiger partial charge in [0.2, 0.25) is 0 Å². The summed E-state index contributed by atoms with van der Waals surface area (Å²) in [4.78, 5) is 11.2. The molecule has 0 amide bonds. The minimum absolute atomic E-state index is 0.124. The fourth-order valence-corrected chi connectivity index (χ4v) is 1.72. The van der Waals surface area contributed by atoms with Gasteiger partial charge in [-0.25, -0.2) is 13.6 Å². The van der Waals surface area contributed by atoms with Gasteiger partial charge in [0.05, 0.1) is 11.5 Å². The molecule has 14 heavy (non-hydrogen) atoms. The van der Waals surface area contributed by atoms with E-state index in [9.17, 15) is 13.6 Å². The molecule has 1 aromatic heterocycles. The van der Waals surface area contributed by atoms with Gasteiger partial charge in [-0.05, 0) is 19.1 Å². The van der Waals surface area contributed by atoms with Crippen LogP contribution in [0.15, 0.2) is 12.1 Å². The van der Waals surface area contributed by atoms with Crippen LogP contribution in [0.3, 0.4) is 0 Å². The van der Waals surface area contributed by atoms with Crippen LogP contribution in [-0.2, 0) is 10.7 Å². The number of thiophene rings is 1. The molecular weight excluding hydrogens is 210 g/mol. The van der Waals surface area contributed by atoms with Crippen molar-refractivity contribution in [1.82, 2.24) is 0 Å². The Morgan fingerprint density at radius 1 is 1.57 bits per heavy atom. The van der Waals surface area contributed by atoms with E-state index in [4.69, 9.17) is 0 Å². The monoisotopic (exact) mass is 220 g/mol. The second kappa shape index (κ2) is 4.04. The molecule has 2 nitrogen and oxygen atoms in total. The van der Waals surface area contributed by atoms with Crippen LogP contribution >= 0.6 is 11.3 Å². The lowest BCUT2D eigenvalue weighted by molar-refractivity contribution is 0.0215. The molecule has 5 heteroatoms. The van der Waals surface area contributed by atoms with E-state index >= 15 is 0 Å². The average Bonchev–Trinajstić information content (AvgIpc) is 2.51. The SMILES string of the molecule is CCOC(=O)c1ccc(C(C)(F)F)s1. The van der Waals surface area contributed by atoms with Gasteiger partial charge in [-0.3, -0.25) is 0 Å². The zero-order valence-electron chi connectivity index (χ0n) is 7.84. The molecule has 1 aromatic rings. The first kappa shape index (κ1) is 11.1. The van der Waals surface area contributed by atoms with Crippen molar-refractivity contribution in [3.8, 4) is 0 Å². The molecule has 0 aliphatic carbocycles. The molecule has 0 saturated heterocycles. The zero-order chi connectivity index (χ0) is 10.8. The molecule has 0 unspecified atom stereocenters. The molecule has 0 fully saturated rings. The third-order valence-electron chi connectivity index (χ3n) is 1.52. The first-order valence-electron chi connectivity index (χ1n) is 4.10. The van der Waals surface area contributed by atoms with Gasteiger partial charge >= 0.3 is 5.97 Å². The molecule has 0 atom stereocenters. The van der Waals surface area contributed by atoms with Crippen molar-refractivity contribution in [2.24, 2.45) is 0 Å². The summed E-state index contributed by atoms with van der Waals surface area (Å²) in [5, 5.41) is 0. The van der Waals surface area contributed by atoms with Crippen LogP contribution in [0.4, 0.5) is 8.78 Å². The summed E-state index contributed by atoms with van der Waals surface area (Å²) in [5.41, 5.74) is 0. The topological polar surface area (TPSA) is 26.3 Å². The summed E-state index contributed by atoms with van der Waals surface area (Å²) in [5.74, 6) is -3.44. The maximum Gasteiger partial charge on any atom is 0.348 e. The molecule has 0 spiro atoms. The Bertz CT molecular complexity index is 328. The summed E-state index contributed by atoms with van der Waals surface area (Å²) in [6.07, 6.45) is 0. The first-order valence-corrected chi connectivity index (χ1v) is 4.92. The van der Waals surface area contributed by atoms with Crippen LogP contribution in [0.1, 0.15) is 28.4 Å². The second-order valence-corrected chi connectivity index (χ2v) is 3.86. The maximum atomic E-state index is 12.8. The number of hydrogen-bond acceptors (Lipinski definition) is 3. The lowest BCUT2D eigenvalue weighted by Gasteiger charge is -2.05. The molecule has 0 aliphatic rings. The van der Waals surface area contributed by atoms with Gasteiger partial charge in [-0.1, -0.05) is 0 Å². The Kier molecular flexibility index (Phi) is 3.21. The first-order chi connectivity index (χ1) is 6.45. The van der Waals surface area contributed by atoms with Crippen LogP contribution in [0, 0.1) is 0 Å². The van der Waals surface area contributed by atoms with Crippen molar-refractivity contribution >= 4 is 17.3 Å². The number of ether oxygens (including phenoxy) is 1. The molecule has 1 rings (SSSR count). The van der Waals surface area contributed by atoms with Gasteiger partial charge in [0.15, 0.2) is 0 Å². The zero-order valence-corrected chi connectivity index (χ0v) is 8.66. The summed E-state index contributed by atoms with van der Waals surface area (Å²) < 4.78 is 30.2. The van der Waals surface area contributed by atoms with Crippen molar-refractivity contribution < 1.29 is 18.3 Å². The lowest BCUT2D eigenvalue weighted by Crippen LogP contribution is -2.04. The minimum Gasteiger partial charge on any atom is -0.462 e. The normalized spacial score (nSPS) is 11.4. The maximum absolute atomic E-state index is 12.8. The Morgan fingerprint density at radius 3 is 2.64 bits per heavy atom. The number of esters is 1. The molecular formula is C9H10F2O2S. The smallest absolute Gasteiger partial charge is 0.348 e. The van der Waals surface area contributed by atoms with Crippen molar-refractivity contribution in [3.05, 3.63) is 21.9 Å². The van der Waals surface area contributed by atoms with Crippen molar-refractivity contribution in [3.63, 3.8) is 0 Å². The lowest BCUT2D eigenvalue weighted by atomic mass is 10.3. The van der Waals surface area contributed by atoms with E-state index in [1.165, 1.54) is 12.1 Å². The fraction of sp³-hybridized carbons (Fsp3) is 0.444. The van der Waals surface area contributed by atoms with E-state index in [0.29, 0.717) is 0 Å². The Hall–Kier alpha value is -0.970. The largest absolute Gasteiger partial charge is 0.462 e. The summed E-state index contributed by atoms with van der Waals surface area (Å²) in [7, 11) is 0. The quantitative estimate of drug-likeness (QED) is 0.732. The van der Waals surface area contributed by atoms with Crippen molar-refractivity contribution in [1.29, 1.82) is 0 Å². The molecule has 0 radical (unpaired) electrons. The summed E-state index contributed by atoms with van der Waals surface area (Å²) in [6.45, 7) is 2.71. The molecule has 0 aromatic carbocycles. The van der Waals surface area contributed by atoms with Crippen LogP contribution in [0.25, 0.3) is 0 Å². The second-order valence-electron chi connectivity index (χ2n) is 2.77. The van der Waals surface area contributed by atoms with Crippen LogP contribution in [-0.4, -0.2) is 12.6 Å². The van der Waals surface area contributed by atoms with Crippen LogP contribution in [0.5, 0.6) is 0 Å². The third kappa shape index (κ3) is 2.51. The number of rotatable bonds is 3. The van der Waals surface area contributed by atoms with Gasteiger partial charge in [-0.15, -0.1) is 11.3 Å². The number of carbonyl (C=O) groups excluding carboxylic acids is 1. The van der Waals surface area contributed by atoms with Crippen molar-refractivity contribution in [2.75, 3.05) is 6.61 Å². The van der Waals surface area contributed by atoms with Gasteiger partial charge in [0.25, 0.3) is 5.92 Å². The number of hydrogen-bond donors (Lipinski definition) is 0. The van der Waals surface area contributed by atoms with Gasteiger partial charge in [0, 0.05) is 6.92 Å². The van der Waals surface area contributed by atoms with E-state index in [1.54, 1.807) is 6.92 Å². The fourth-order valence-electron chi connectivity index (χ4n) is 0.886. The van der Waals surface area contributed by atoms with E-state index < -0.39 is 11.9 Å². The molecule has 0 saturated carbocycles. The van der Waals surface area contributed by atoms with Gasteiger partial charge in [0.1, 0.15) is 4.88 Å². The number of alkyl halides is 2. The van der Waals surface area contributed by atoms with E-state index in [0.717, 1.165) is 18.3 Å². The Labute approximate surface area is 84.5 Å². The van der Waals surface area contributed by atoms with E-state index in [1.807, 2.05) is 0 Å². The Balaban J connectivity index is 2.83. The predicted molar refractivity (Wildman–Crippen MR) is 49.8 cm³/mol. The molecule has 0 N–H and O–H groups in total. The van der Waals surface area contributed by atoms with Crippen LogP contribution < -0.4 is 0 Å². The third-order valence-corrected chi connectivity index (χ3v) is 2.75. The van der Waals surface area contributed by atoms with E-state index in [2.05, 4.69) is 4.74 Å². The average molecular weight is 220 g/mol. The van der Waals surface area contributed by atoms with Crippen molar-refractivity contribution in [2.45, 2.75) is 19.8 Å². The highest BCUT2D eigenvalue weighted by Crippen LogP contribution is 2.32. The highest BCUT2D eigenvalue weighted by atomic mass is 32.1. The van der Waals surface area contributed by atoms with Gasteiger partial charge < -0.3 is 4.74 Å².